The minimum Gasteiger partial charge on any atom is -0.310 e. The topological polar surface area (TPSA) is 8.17 Å². The van der Waals surface area contributed by atoms with Gasteiger partial charge in [0.25, 0.3) is 0 Å². The van der Waals surface area contributed by atoms with Crippen molar-refractivity contribution < 1.29 is 0 Å². The van der Waals surface area contributed by atoms with Crippen LogP contribution in [0.1, 0.15) is 0 Å². The Morgan fingerprint density at radius 1 is 0.316 bits per heavy atom. The molecule has 9 aromatic carbocycles. The summed E-state index contributed by atoms with van der Waals surface area (Å²) >= 11 is 1.86. The van der Waals surface area contributed by atoms with Crippen molar-refractivity contribution in [2.45, 2.75) is 0 Å². The van der Waals surface area contributed by atoms with Crippen LogP contribution in [0.3, 0.4) is 0 Å². The second kappa shape index (κ2) is 13.8. The summed E-state index contributed by atoms with van der Waals surface area (Å²) in [6, 6.07) is 79.3. The van der Waals surface area contributed by atoms with Gasteiger partial charge in [-0.1, -0.05) is 158 Å². The molecule has 2 nitrogen and oxygen atoms in total. The van der Waals surface area contributed by atoms with E-state index in [9.17, 15) is 0 Å². The van der Waals surface area contributed by atoms with Gasteiger partial charge in [0.15, 0.2) is 0 Å². The maximum Gasteiger partial charge on any atom is 0.0541 e. The fourth-order valence-electron chi connectivity index (χ4n) is 8.50. The molecule has 2 aromatic heterocycles. The number of nitrogens with zero attached hydrogens (tertiary/aromatic N) is 2. The molecule has 57 heavy (non-hydrogen) atoms. The van der Waals surface area contributed by atoms with Gasteiger partial charge in [-0.2, -0.15) is 0 Å². The van der Waals surface area contributed by atoms with Gasteiger partial charge in [0.2, 0.25) is 0 Å². The highest BCUT2D eigenvalue weighted by atomic mass is 32.1. The van der Waals surface area contributed by atoms with Crippen LogP contribution in [0, 0.1) is 0 Å². The molecule has 0 amide bonds. The lowest BCUT2D eigenvalue weighted by Gasteiger charge is -2.26. The summed E-state index contributed by atoms with van der Waals surface area (Å²) in [7, 11) is 0. The van der Waals surface area contributed by atoms with E-state index in [1.54, 1.807) is 0 Å². The molecule has 0 radical (unpaired) electrons. The van der Waals surface area contributed by atoms with Gasteiger partial charge in [0.1, 0.15) is 0 Å². The summed E-state index contributed by atoms with van der Waals surface area (Å²) in [5, 5.41) is 5.15. The first-order valence-corrected chi connectivity index (χ1v) is 20.2. The smallest absolute Gasteiger partial charge is 0.0541 e. The maximum absolute atomic E-state index is 2.41. The third-order valence-electron chi connectivity index (χ3n) is 11.2. The van der Waals surface area contributed by atoms with Crippen molar-refractivity contribution in [2.24, 2.45) is 0 Å². The lowest BCUT2D eigenvalue weighted by Crippen LogP contribution is -2.09. The van der Waals surface area contributed by atoms with Gasteiger partial charge in [-0.05, 0) is 88.5 Å². The quantitative estimate of drug-likeness (QED) is 0.158. The summed E-state index contributed by atoms with van der Waals surface area (Å²) in [6.45, 7) is 0. The van der Waals surface area contributed by atoms with Crippen molar-refractivity contribution >= 4 is 70.4 Å². The van der Waals surface area contributed by atoms with Crippen molar-refractivity contribution in [1.29, 1.82) is 0 Å². The SMILES string of the molecule is c1ccc(-c2cccc(N(c3ccc(-c4ccc(-c5ccccc5-n5c6ccccc6c6ccccc65)cc4)cc3)c3ccc4c(c3)sc3ccccc34)c2)cc1. The van der Waals surface area contributed by atoms with Gasteiger partial charge in [-0.25, -0.2) is 0 Å². The number of benzene rings is 9. The van der Waals surface area contributed by atoms with E-state index < -0.39 is 0 Å². The lowest BCUT2D eigenvalue weighted by atomic mass is 9.98. The largest absolute Gasteiger partial charge is 0.310 e. The van der Waals surface area contributed by atoms with E-state index in [1.165, 1.54) is 81.0 Å². The summed E-state index contributed by atoms with van der Waals surface area (Å²) < 4.78 is 5.01. The molecule has 11 rings (SSSR count). The van der Waals surface area contributed by atoms with E-state index in [-0.39, 0.29) is 0 Å². The highest BCUT2D eigenvalue weighted by molar-refractivity contribution is 7.25. The minimum atomic E-state index is 1.11. The molecule has 0 aliphatic rings. The molecule has 0 bridgehead atoms. The Bertz CT molecular complexity index is 3170. The van der Waals surface area contributed by atoms with Crippen molar-refractivity contribution in [3.8, 4) is 39.1 Å². The van der Waals surface area contributed by atoms with Crippen molar-refractivity contribution in [3.63, 3.8) is 0 Å². The number of hydrogen-bond donors (Lipinski definition) is 0. The second-order valence-corrected chi connectivity index (χ2v) is 15.6. The Balaban J connectivity index is 0.962. The molecule has 11 aromatic rings. The Kier molecular flexibility index (Phi) is 8.04. The van der Waals surface area contributed by atoms with Gasteiger partial charge in [0.05, 0.1) is 16.7 Å². The van der Waals surface area contributed by atoms with Crippen LogP contribution in [0.25, 0.3) is 81.0 Å². The fraction of sp³-hybridized carbons (Fsp3) is 0. The van der Waals surface area contributed by atoms with Crippen molar-refractivity contribution in [2.75, 3.05) is 4.90 Å². The van der Waals surface area contributed by atoms with Crippen LogP contribution in [-0.2, 0) is 0 Å². The summed E-state index contributed by atoms with van der Waals surface area (Å²) in [5.74, 6) is 0. The average molecular weight is 745 g/mol. The number of para-hydroxylation sites is 3. The van der Waals surface area contributed by atoms with Crippen molar-refractivity contribution in [1.82, 2.24) is 4.57 Å². The molecule has 0 saturated heterocycles. The van der Waals surface area contributed by atoms with Gasteiger partial charge in [-0.15, -0.1) is 11.3 Å². The van der Waals surface area contributed by atoms with Crippen LogP contribution in [-0.4, -0.2) is 4.57 Å². The molecule has 0 spiro atoms. The molecular formula is C54H36N2S. The number of rotatable bonds is 7. The molecule has 0 fully saturated rings. The molecule has 0 atom stereocenters. The number of aromatic nitrogens is 1. The van der Waals surface area contributed by atoms with Gasteiger partial charge in [0, 0.05) is 53.6 Å². The van der Waals surface area contributed by atoms with Crippen LogP contribution in [0.15, 0.2) is 218 Å². The Hall–Kier alpha value is -7.20. The zero-order valence-corrected chi connectivity index (χ0v) is 31.9. The number of fused-ring (bicyclic) bond motifs is 6. The Morgan fingerprint density at radius 2 is 0.842 bits per heavy atom. The third kappa shape index (κ3) is 5.80. The molecular weight excluding hydrogens is 709 g/mol. The van der Waals surface area contributed by atoms with Crippen LogP contribution < -0.4 is 4.90 Å². The zero-order valence-electron chi connectivity index (χ0n) is 31.1. The minimum absolute atomic E-state index is 1.11. The van der Waals surface area contributed by atoms with Crippen LogP contribution >= 0.6 is 11.3 Å². The van der Waals surface area contributed by atoms with E-state index in [0.29, 0.717) is 0 Å². The number of anilines is 3. The summed E-state index contributed by atoms with van der Waals surface area (Å²) in [4.78, 5) is 2.38. The maximum atomic E-state index is 2.41. The van der Waals surface area contributed by atoms with E-state index in [0.717, 1.165) is 17.1 Å². The van der Waals surface area contributed by atoms with E-state index in [1.807, 2.05) is 11.3 Å². The van der Waals surface area contributed by atoms with Gasteiger partial charge in [-0.3, -0.25) is 0 Å². The van der Waals surface area contributed by atoms with E-state index in [4.69, 9.17) is 0 Å². The molecule has 2 heterocycles. The van der Waals surface area contributed by atoms with Gasteiger partial charge >= 0.3 is 0 Å². The van der Waals surface area contributed by atoms with E-state index in [2.05, 4.69) is 228 Å². The molecule has 0 N–H and O–H groups in total. The Labute approximate surface area is 335 Å². The molecule has 0 saturated carbocycles. The normalized spacial score (nSPS) is 11.5. The van der Waals surface area contributed by atoms with Crippen molar-refractivity contribution in [3.05, 3.63) is 218 Å². The zero-order chi connectivity index (χ0) is 37.7. The monoisotopic (exact) mass is 744 g/mol. The van der Waals surface area contributed by atoms with Crippen LogP contribution in [0.5, 0.6) is 0 Å². The van der Waals surface area contributed by atoms with Gasteiger partial charge < -0.3 is 9.47 Å². The van der Waals surface area contributed by atoms with Crippen LogP contribution in [0.2, 0.25) is 0 Å². The third-order valence-corrected chi connectivity index (χ3v) is 12.3. The average Bonchev–Trinajstić information content (AvgIpc) is 3.83. The first-order chi connectivity index (χ1) is 28.3. The highest BCUT2D eigenvalue weighted by Crippen LogP contribution is 2.42. The predicted octanol–water partition coefficient (Wildman–Crippen LogP) is 15.6. The molecule has 0 unspecified atom stereocenters. The molecule has 0 aliphatic carbocycles. The second-order valence-electron chi connectivity index (χ2n) is 14.5. The first kappa shape index (κ1) is 33.2. The molecule has 3 heteroatoms. The summed E-state index contributed by atoms with van der Waals surface area (Å²) in [6.07, 6.45) is 0. The summed E-state index contributed by atoms with van der Waals surface area (Å²) in [5.41, 5.74) is 14.1. The molecule has 0 aliphatic heterocycles. The number of thiophene rings is 1. The first-order valence-electron chi connectivity index (χ1n) is 19.4. The van der Waals surface area contributed by atoms with Crippen LogP contribution in [0.4, 0.5) is 17.1 Å². The van der Waals surface area contributed by atoms with E-state index >= 15 is 0 Å². The fourth-order valence-corrected chi connectivity index (χ4v) is 9.64. The predicted molar refractivity (Wildman–Crippen MR) is 245 cm³/mol. The lowest BCUT2D eigenvalue weighted by molar-refractivity contribution is 1.18. The highest BCUT2D eigenvalue weighted by Gasteiger charge is 2.17. The Morgan fingerprint density at radius 3 is 1.60 bits per heavy atom. The number of hydrogen-bond acceptors (Lipinski definition) is 2. The molecule has 268 valence electrons. The standard InChI is InChI=1S/C54H36N2S/c1-2-13-37(14-3-1)41-15-12-16-43(35-41)55(44-33-34-49-48-20-7-11-24-53(48)57-54(49)36-44)42-31-29-39(30-32-42)38-25-27-40(28-26-38)45-17-4-8-21-50(45)56-51-22-9-5-18-46(51)47-19-6-10-23-52(47)56/h1-36H.